The number of aryl methyl sites for hydroxylation is 2. The number of hydrogen-bond donors (Lipinski definition) is 2. The van der Waals surface area contributed by atoms with Crippen LogP contribution in [-0.4, -0.2) is 21.7 Å². The monoisotopic (exact) mass is 426 g/mol. The molecule has 3 aromatic rings. The lowest BCUT2D eigenvalue weighted by Crippen LogP contribution is -2.25. The Morgan fingerprint density at radius 2 is 1.74 bits per heavy atom. The van der Waals surface area contributed by atoms with Crippen LogP contribution in [0.1, 0.15) is 28.0 Å². The third-order valence-electron chi connectivity index (χ3n) is 4.24. The number of hydrogen-bond acceptors (Lipinski definition) is 2. The smallest absolute Gasteiger partial charge is 0.303 e. The van der Waals surface area contributed by atoms with Crippen molar-refractivity contribution in [1.82, 2.24) is 4.68 Å². The van der Waals surface area contributed by atoms with Gasteiger partial charge >= 0.3 is 5.97 Å². The zero-order valence-corrected chi connectivity index (χ0v) is 16.4. The normalized spacial score (nSPS) is 10.6. The molecular weight excluding hydrogens is 408 g/mol. The molecule has 1 amide bonds. The number of halogens is 1. The zero-order chi connectivity index (χ0) is 19.4. The highest BCUT2D eigenvalue weighted by Gasteiger charge is 2.16. The van der Waals surface area contributed by atoms with Crippen LogP contribution >= 0.6 is 15.9 Å². The number of rotatable bonds is 6. The van der Waals surface area contributed by atoms with E-state index in [1.807, 2.05) is 49.4 Å². The van der Waals surface area contributed by atoms with Crippen LogP contribution in [0.5, 0.6) is 0 Å². The van der Waals surface area contributed by atoms with E-state index in [1.54, 1.807) is 22.9 Å². The van der Waals surface area contributed by atoms with Crippen LogP contribution < -0.4 is 5.43 Å². The van der Waals surface area contributed by atoms with Gasteiger partial charge in [0.25, 0.3) is 5.91 Å². The van der Waals surface area contributed by atoms with Crippen LogP contribution in [-0.2, 0) is 11.2 Å². The average Bonchev–Trinajstić information content (AvgIpc) is 3.03. The molecule has 3 rings (SSSR count). The number of carbonyl (C=O) groups is 2. The molecule has 1 aromatic heterocycles. The van der Waals surface area contributed by atoms with Crippen molar-refractivity contribution in [2.24, 2.45) is 0 Å². The number of aromatic nitrogens is 1. The van der Waals surface area contributed by atoms with Gasteiger partial charge in [-0.3, -0.25) is 19.7 Å². The second-order valence-electron chi connectivity index (χ2n) is 6.23. The van der Waals surface area contributed by atoms with E-state index in [0.29, 0.717) is 16.5 Å². The average molecular weight is 427 g/mol. The number of carboxylic acids is 1. The van der Waals surface area contributed by atoms with E-state index in [9.17, 15) is 9.59 Å². The van der Waals surface area contributed by atoms with E-state index >= 15 is 0 Å². The molecule has 0 bridgehead atoms. The van der Waals surface area contributed by atoms with E-state index in [-0.39, 0.29) is 12.3 Å². The fourth-order valence-corrected chi connectivity index (χ4v) is 3.26. The zero-order valence-electron chi connectivity index (χ0n) is 14.8. The minimum Gasteiger partial charge on any atom is -0.481 e. The summed E-state index contributed by atoms with van der Waals surface area (Å²) in [6.07, 6.45) is 0.305. The molecule has 5 nitrogen and oxygen atoms in total. The number of aliphatic carboxylic acids is 1. The first-order valence-corrected chi connectivity index (χ1v) is 9.30. The first kappa shape index (κ1) is 18.9. The first-order chi connectivity index (χ1) is 13.0. The molecule has 27 heavy (non-hydrogen) atoms. The predicted molar refractivity (Wildman–Crippen MR) is 108 cm³/mol. The van der Waals surface area contributed by atoms with Crippen LogP contribution in [0, 0.1) is 6.92 Å². The summed E-state index contributed by atoms with van der Waals surface area (Å²) in [5.74, 6) is -1.15. The second kappa shape index (κ2) is 8.22. The molecule has 0 fully saturated rings. The Morgan fingerprint density at radius 1 is 1.04 bits per heavy atom. The standard InChI is InChI=1S/C21H19BrN2O3/c1-14-6-8-15(9-7-14)19-12-10-16(11-13-20(25)26)24(19)23-21(27)17-4-2-3-5-18(17)22/h2-10,12H,11,13H2,1H3,(H,23,27)(H,25,26). The maximum absolute atomic E-state index is 12.8. The fourth-order valence-electron chi connectivity index (χ4n) is 2.80. The molecule has 2 N–H and O–H groups in total. The molecule has 0 aliphatic heterocycles. The van der Waals surface area contributed by atoms with Gasteiger partial charge in [-0.1, -0.05) is 42.0 Å². The Morgan fingerprint density at radius 3 is 2.41 bits per heavy atom. The quantitative estimate of drug-likeness (QED) is 0.603. The van der Waals surface area contributed by atoms with E-state index in [2.05, 4.69) is 21.4 Å². The van der Waals surface area contributed by atoms with E-state index in [4.69, 9.17) is 5.11 Å². The van der Waals surface area contributed by atoms with Gasteiger partial charge in [0.05, 0.1) is 17.7 Å². The maximum Gasteiger partial charge on any atom is 0.303 e. The van der Waals surface area contributed by atoms with Crippen molar-refractivity contribution in [2.45, 2.75) is 19.8 Å². The molecule has 0 aliphatic carbocycles. The van der Waals surface area contributed by atoms with E-state index in [1.165, 1.54) is 0 Å². The molecule has 2 aromatic carbocycles. The summed E-state index contributed by atoms with van der Waals surface area (Å²) in [5, 5.41) is 9.01. The highest BCUT2D eigenvalue weighted by atomic mass is 79.9. The number of nitrogens with zero attached hydrogens (tertiary/aromatic N) is 1. The molecule has 0 aliphatic rings. The molecule has 0 saturated heterocycles. The van der Waals surface area contributed by atoms with Crippen molar-refractivity contribution >= 4 is 27.8 Å². The second-order valence-corrected chi connectivity index (χ2v) is 7.08. The Hall–Kier alpha value is -2.86. The first-order valence-electron chi connectivity index (χ1n) is 8.51. The summed E-state index contributed by atoms with van der Waals surface area (Å²) in [6, 6.07) is 18.9. The molecule has 0 atom stereocenters. The van der Waals surface area contributed by atoms with E-state index < -0.39 is 5.97 Å². The van der Waals surface area contributed by atoms with Gasteiger partial charge < -0.3 is 5.11 Å². The number of carboxylic acid groups (broad SMARTS) is 1. The molecule has 0 spiro atoms. The van der Waals surface area contributed by atoms with Gasteiger partial charge in [-0.05, 0) is 47.1 Å². The SMILES string of the molecule is Cc1ccc(-c2ccc(CCC(=O)O)n2NC(=O)c2ccccc2Br)cc1. The summed E-state index contributed by atoms with van der Waals surface area (Å²) in [6.45, 7) is 2.01. The van der Waals surface area contributed by atoms with E-state index in [0.717, 1.165) is 22.5 Å². The molecule has 0 radical (unpaired) electrons. The van der Waals surface area contributed by atoms with Crippen molar-refractivity contribution in [3.8, 4) is 11.3 Å². The molecule has 138 valence electrons. The van der Waals surface area contributed by atoms with Crippen molar-refractivity contribution in [1.29, 1.82) is 0 Å². The maximum atomic E-state index is 12.8. The number of benzene rings is 2. The number of carbonyl (C=O) groups excluding carboxylic acids is 1. The predicted octanol–water partition coefficient (Wildman–Crippen LogP) is 4.63. The lowest BCUT2D eigenvalue weighted by atomic mass is 10.1. The summed E-state index contributed by atoms with van der Waals surface area (Å²) >= 11 is 3.39. The summed E-state index contributed by atoms with van der Waals surface area (Å²) in [4.78, 5) is 23.8. The van der Waals surface area contributed by atoms with Crippen molar-refractivity contribution in [3.05, 3.63) is 82.0 Å². The Balaban J connectivity index is 1.98. The topological polar surface area (TPSA) is 71.3 Å². The highest BCUT2D eigenvalue weighted by Crippen LogP contribution is 2.24. The lowest BCUT2D eigenvalue weighted by Gasteiger charge is -2.15. The van der Waals surface area contributed by atoms with Gasteiger partial charge in [-0.15, -0.1) is 0 Å². The largest absolute Gasteiger partial charge is 0.481 e. The minimum absolute atomic E-state index is 0.0117. The van der Waals surface area contributed by atoms with Gasteiger partial charge in [0.1, 0.15) is 0 Å². The van der Waals surface area contributed by atoms with Gasteiger partial charge in [0.2, 0.25) is 0 Å². The third kappa shape index (κ3) is 4.46. The number of amides is 1. The van der Waals surface area contributed by atoms with Crippen LogP contribution in [0.15, 0.2) is 65.1 Å². The van der Waals surface area contributed by atoms with Crippen LogP contribution in [0.2, 0.25) is 0 Å². The van der Waals surface area contributed by atoms with Crippen molar-refractivity contribution < 1.29 is 14.7 Å². The molecule has 0 saturated carbocycles. The van der Waals surface area contributed by atoms with Gasteiger partial charge in [0.15, 0.2) is 0 Å². The summed E-state index contributed by atoms with van der Waals surface area (Å²) in [5.41, 5.74) is 7.02. The van der Waals surface area contributed by atoms with Gasteiger partial charge in [0, 0.05) is 22.2 Å². The van der Waals surface area contributed by atoms with Crippen LogP contribution in [0.3, 0.4) is 0 Å². The number of nitrogens with one attached hydrogen (secondary N) is 1. The van der Waals surface area contributed by atoms with Crippen LogP contribution in [0.25, 0.3) is 11.3 Å². The minimum atomic E-state index is -0.878. The Kier molecular flexibility index (Phi) is 5.76. The lowest BCUT2D eigenvalue weighted by molar-refractivity contribution is -0.136. The fraction of sp³-hybridized carbons (Fsp3) is 0.143. The third-order valence-corrected chi connectivity index (χ3v) is 4.93. The van der Waals surface area contributed by atoms with Crippen LogP contribution in [0.4, 0.5) is 0 Å². The summed E-state index contributed by atoms with van der Waals surface area (Å²) < 4.78 is 2.37. The highest BCUT2D eigenvalue weighted by molar-refractivity contribution is 9.10. The summed E-state index contributed by atoms with van der Waals surface area (Å²) in [7, 11) is 0. The molecule has 0 unspecified atom stereocenters. The molecule has 1 heterocycles. The van der Waals surface area contributed by atoms with Gasteiger partial charge in [-0.2, -0.15) is 0 Å². The Bertz CT molecular complexity index is 977. The molecule has 6 heteroatoms. The van der Waals surface area contributed by atoms with Crippen molar-refractivity contribution in [2.75, 3.05) is 5.43 Å². The van der Waals surface area contributed by atoms with Crippen molar-refractivity contribution in [3.63, 3.8) is 0 Å². The Labute approximate surface area is 165 Å². The molecular formula is C21H19BrN2O3. The van der Waals surface area contributed by atoms with Gasteiger partial charge in [-0.25, -0.2) is 0 Å².